The summed E-state index contributed by atoms with van der Waals surface area (Å²) in [5, 5.41) is 0. The number of hydrogen-bond donors (Lipinski definition) is 1. The number of benzene rings is 1. The zero-order chi connectivity index (χ0) is 10.1. The maximum absolute atomic E-state index is 11.4. The maximum atomic E-state index is 11.4. The average molecular weight is 211 g/mol. The minimum atomic E-state index is -1.01. The molecule has 1 unspecified atom stereocenters. The topological polar surface area (TPSA) is 52.3 Å². The zero-order valence-corrected chi connectivity index (χ0v) is 8.84. The molecule has 3 nitrogen and oxygen atoms in total. The van der Waals surface area contributed by atoms with Crippen LogP contribution in [0.1, 0.15) is 18.0 Å². The number of nitrogens with two attached hydrogens (primary N) is 1. The molecule has 0 spiro atoms. The Morgan fingerprint density at radius 3 is 3.07 bits per heavy atom. The molecule has 2 N–H and O–H groups in total. The lowest BCUT2D eigenvalue weighted by Crippen LogP contribution is -2.21. The van der Waals surface area contributed by atoms with Gasteiger partial charge in [0.25, 0.3) is 0 Å². The number of para-hydroxylation sites is 1. The van der Waals surface area contributed by atoms with Gasteiger partial charge in [-0.25, -0.2) is 0 Å². The van der Waals surface area contributed by atoms with Gasteiger partial charge >= 0.3 is 0 Å². The molecule has 4 heteroatoms. The first kappa shape index (κ1) is 9.68. The molecule has 0 saturated heterocycles. The second-order valence-corrected chi connectivity index (χ2v) is 4.72. The Labute approximate surface area is 85.7 Å². The van der Waals surface area contributed by atoms with E-state index < -0.39 is 10.8 Å². The maximum Gasteiger partial charge on any atom is 0.140 e. The molecule has 76 valence electrons. The van der Waals surface area contributed by atoms with Crippen molar-refractivity contribution in [3.8, 4) is 5.75 Å². The smallest absolute Gasteiger partial charge is 0.140 e. The van der Waals surface area contributed by atoms with Crippen molar-refractivity contribution >= 4 is 10.8 Å². The molecule has 1 aliphatic rings. The van der Waals surface area contributed by atoms with Crippen LogP contribution < -0.4 is 10.5 Å². The molecule has 2 rings (SSSR count). The van der Waals surface area contributed by atoms with E-state index in [2.05, 4.69) is 0 Å². The Balaban J connectivity index is 2.55. The van der Waals surface area contributed by atoms with E-state index >= 15 is 0 Å². The first-order chi connectivity index (χ1) is 6.70. The van der Waals surface area contributed by atoms with Crippen molar-refractivity contribution < 1.29 is 8.95 Å². The summed E-state index contributed by atoms with van der Waals surface area (Å²) in [6, 6.07) is 5.66. The molecule has 0 aromatic heterocycles. The Hall–Kier alpha value is -0.870. The van der Waals surface area contributed by atoms with Gasteiger partial charge < -0.3 is 10.5 Å². The van der Waals surface area contributed by atoms with Gasteiger partial charge in [-0.3, -0.25) is 4.21 Å². The van der Waals surface area contributed by atoms with E-state index in [0.29, 0.717) is 6.61 Å². The summed E-state index contributed by atoms with van der Waals surface area (Å²) >= 11 is 0. The van der Waals surface area contributed by atoms with Crippen molar-refractivity contribution in [2.24, 2.45) is 5.73 Å². The van der Waals surface area contributed by atoms with Crippen LogP contribution in [0, 0.1) is 0 Å². The monoisotopic (exact) mass is 211 g/mol. The highest BCUT2D eigenvalue weighted by Crippen LogP contribution is 2.34. The van der Waals surface area contributed by atoms with Gasteiger partial charge in [0.2, 0.25) is 0 Å². The number of rotatable bonds is 1. The zero-order valence-electron chi connectivity index (χ0n) is 8.03. The SMILES string of the molecule is CS(=O)c1cccc2c1OCC[C@H]2N. The van der Waals surface area contributed by atoms with E-state index in [9.17, 15) is 4.21 Å². The summed E-state index contributed by atoms with van der Waals surface area (Å²) in [6.07, 6.45) is 2.48. The van der Waals surface area contributed by atoms with Crippen molar-refractivity contribution in [3.05, 3.63) is 23.8 Å². The molecule has 1 heterocycles. The van der Waals surface area contributed by atoms with E-state index in [1.165, 1.54) is 0 Å². The largest absolute Gasteiger partial charge is 0.492 e. The Morgan fingerprint density at radius 2 is 2.36 bits per heavy atom. The second kappa shape index (κ2) is 3.71. The summed E-state index contributed by atoms with van der Waals surface area (Å²) in [6.45, 7) is 0.613. The lowest BCUT2D eigenvalue weighted by molar-refractivity contribution is 0.262. The van der Waals surface area contributed by atoms with Crippen LogP contribution in [0.5, 0.6) is 5.75 Å². The van der Waals surface area contributed by atoms with E-state index in [0.717, 1.165) is 22.6 Å². The summed E-state index contributed by atoms with van der Waals surface area (Å²) in [7, 11) is -1.01. The predicted molar refractivity (Wildman–Crippen MR) is 55.8 cm³/mol. The highest BCUT2D eigenvalue weighted by atomic mass is 32.2. The molecular formula is C10H13NO2S. The van der Waals surface area contributed by atoms with Crippen molar-refractivity contribution in [2.45, 2.75) is 17.4 Å². The molecule has 1 aliphatic heterocycles. The van der Waals surface area contributed by atoms with Crippen molar-refractivity contribution in [3.63, 3.8) is 0 Å². The number of hydrogen-bond acceptors (Lipinski definition) is 3. The number of ether oxygens (including phenoxy) is 1. The molecule has 14 heavy (non-hydrogen) atoms. The lowest BCUT2D eigenvalue weighted by Gasteiger charge is -2.24. The highest BCUT2D eigenvalue weighted by Gasteiger charge is 2.21. The molecule has 1 aromatic rings. The summed E-state index contributed by atoms with van der Waals surface area (Å²) in [4.78, 5) is 0.748. The van der Waals surface area contributed by atoms with Crippen LogP contribution in [0.4, 0.5) is 0 Å². The van der Waals surface area contributed by atoms with E-state index in [4.69, 9.17) is 10.5 Å². The Morgan fingerprint density at radius 1 is 1.57 bits per heavy atom. The van der Waals surface area contributed by atoms with Crippen molar-refractivity contribution in [1.29, 1.82) is 0 Å². The fourth-order valence-corrected chi connectivity index (χ4v) is 2.36. The minimum Gasteiger partial charge on any atom is -0.492 e. The molecule has 0 saturated carbocycles. The van der Waals surface area contributed by atoms with E-state index in [-0.39, 0.29) is 6.04 Å². The third-order valence-corrected chi connectivity index (χ3v) is 3.33. The highest BCUT2D eigenvalue weighted by molar-refractivity contribution is 7.84. The van der Waals surface area contributed by atoms with Gasteiger partial charge in [-0.2, -0.15) is 0 Å². The molecule has 2 atom stereocenters. The molecule has 0 bridgehead atoms. The predicted octanol–water partition coefficient (Wildman–Crippen LogP) is 1.21. The third-order valence-electron chi connectivity index (χ3n) is 2.39. The molecule has 0 fully saturated rings. The van der Waals surface area contributed by atoms with Crippen LogP contribution in [0.3, 0.4) is 0 Å². The lowest BCUT2D eigenvalue weighted by atomic mass is 10.0. The third kappa shape index (κ3) is 1.55. The van der Waals surface area contributed by atoms with E-state index in [1.54, 1.807) is 6.26 Å². The fraction of sp³-hybridized carbons (Fsp3) is 0.400. The van der Waals surface area contributed by atoms with Gasteiger partial charge in [-0.05, 0) is 6.07 Å². The minimum absolute atomic E-state index is 0.0160. The first-order valence-electron chi connectivity index (χ1n) is 4.55. The quantitative estimate of drug-likeness (QED) is 0.759. The van der Waals surface area contributed by atoms with Gasteiger partial charge in [0.1, 0.15) is 5.75 Å². The average Bonchev–Trinajstić information content (AvgIpc) is 2.17. The van der Waals surface area contributed by atoms with Gasteiger partial charge in [-0.15, -0.1) is 0 Å². The summed E-state index contributed by atoms with van der Waals surface area (Å²) < 4.78 is 16.9. The van der Waals surface area contributed by atoms with Crippen LogP contribution in [-0.2, 0) is 10.8 Å². The van der Waals surface area contributed by atoms with Crippen LogP contribution >= 0.6 is 0 Å². The van der Waals surface area contributed by atoms with Gasteiger partial charge in [0, 0.05) is 24.3 Å². The Kier molecular flexibility index (Phi) is 2.56. The Bertz CT molecular complexity index is 378. The van der Waals surface area contributed by atoms with Gasteiger partial charge in [-0.1, -0.05) is 12.1 Å². The molecule has 0 amide bonds. The van der Waals surface area contributed by atoms with Crippen LogP contribution in [0.15, 0.2) is 23.1 Å². The molecule has 1 aromatic carbocycles. The molecule has 0 radical (unpaired) electrons. The van der Waals surface area contributed by atoms with Crippen LogP contribution in [0.25, 0.3) is 0 Å². The second-order valence-electron chi connectivity index (χ2n) is 3.37. The standard InChI is InChI=1S/C10H13NO2S/c1-14(12)9-4-2-3-7-8(11)5-6-13-10(7)9/h2-4,8H,5-6,11H2,1H3/t8-,14?/m1/s1. The van der Waals surface area contributed by atoms with Crippen LogP contribution in [-0.4, -0.2) is 17.1 Å². The molecule has 0 aliphatic carbocycles. The normalized spacial score (nSPS) is 22.3. The summed E-state index contributed by atoms with van der Waals surface area (Å²) in [5.74, 6) is 0.729. The van der Waals surface area contributed by atoms with Gasteiger partial charge in [0.05, 0.1) is 22.3 Å². The van der Waals surface area contributed by atoms with Crippen molar-refractivity contribution in [2.75, 3.05) is 12.9 Å². The number of fused-ring (bicyclic) bond motifs is 1. The summed E-state index contributed by atoms with van der Waals surface area (Å²) in [5.41, 5.74) is 6.91. The fourth-order valence-electron chi connectivity index (χ4n) is 1.65. The van der Waals surface area contributed by atoms with E-state index in [1.807, 2.05) is 18.2 Å². The molecular weight excluding hydrogens is 198 g/mol. The van der Waals surface area contributed by atoms with Crippen LogP contribution in [0.2, 0.25) is 0 Å². The first-order valence-corrected chi connectivity index (χ1v) is 6.10. The van der Waals surface area contributed by atoms with Crippen molar-refractivity contribution in [1.82, 2.24) is 0 Å². The van der Waals surface area contributed by atoms with Gasteiger partial charge in [0.15, 0.2) is 0 Å².